The molecule has 1 aliphatic heterocycles. The summed E-state index contributed by atoms with van der Waals surface area (Å²) in [7, 11) is 0. The summed E-state index contributed by atoms with van der Waals surface area (Å²) < 4.78 is 25.9. The van der Waals surface area contributed by atoms with Gasteiger partial charge in [-0.1, -0.05) is 0 Å². The van der Waals surface area contributed by atoms with Gasteiger partial charge in [-0.3, -0.25) is 10.1 Å². The molecule has 1 saturated heterocycles. The number of hydrogen-bond acceptors (Lipinski definition) is 5. The number of alkyl halides is 2. The third-order valence-corrected chi connectivity index (χ3v) is 3.06. The van der Waals surface area contributed by atoms with Crippen LogP contribution in [0.15, 0.2) is 18.2 Å². The molecule has 0 aromatic heterocycles. The number of rotatable bonds is 3. The van der Waals surface area contributed by atoms with Gasteiger partial charge < -0.3 is 15.1 Å². The highest BCUT2D eigenvalue weighted by Crippen LogP contribution is 2.34. The molecule has 2 N–H and O–H groups in total. The first-order valence-corrected chi connectivity index (χ1v) is 5.57. The van der Waals surface area contributed by atoms with Crippen LogP contribution in [0.1, 0.15) is 12.0 Å². The maximum absolute atomic E-state index is 12.9. The molecule has 1 heterocycles. The van der Waals surface area contributed by atoms with Crippen LogP contribution in [0.4, 0.5) is 20.2 Å². The second-order valence-corrected chi connectivity index (χ2v) is 4.34. The number of halogens is 2. The molecule has 0 saturated carbocycles. The Kier molecular flexibility index (Phi) is 3.63. The van der Waals surface area contributed by atoms with E-state index in [1.54, 1.807) is 0 Å². The van der Waals surface area contributed by atoms with E-state index in [-0.39, 0.29) is 18.8 Å². The van der Waals surface area contributed by atoms with Crippen molar-refractivity contribution in [2.75, 3.05) is 18.0 Å². The van der Waals surface area contributed by atoms with Crippen LogP contribution in [0.2, 0.25) is 0 Å². The summed E-state index contributed by atoms with van der Waals surface area (Å²) in [6, 6.07) is 3.15. The van der Waals surface area contributed by atoms with Crippen LogP contribution >= 0.6 is 0 Å². The highest BCUT2D eigenvalue weighted by Gasteiger charge is 2.32. The number of hydrogen-bond donors (Lipinski definition) is 2. The molecule has 2 atom stereocenters. The molecule has 19 heavy (non-hydrogen) atoms. The number of non-ortho nitro benzene ring substituents is 1. The molecule has 0 radical (unpaired) electrons. The number of nitro benzene ring substituents is 1. The van der Waals surface area contributed by atoms with Gasteiger partial charge in [0.2, 0.25) is 0 Å². The standard InChI is InChI=1S/C11H12F2N2O4/c12-11(13)7-3-6(15(18)19)1-2-8(7)14-4-9(16)10(17)5-14/h1-3,9-11,16-17H,4-5H2. The van der Waals surface area contributed by atoms with Gasteiger partial charge >= 0.3 is 0 Å². The maximum atomic E-state index is 12.9. The van der Waals surface area contributed by atoms with Crippen molar-refractivity contribution in [3.8, 4) is 0 Å². The van der Waals surface area contributed by atoms with Gasteiger partial charge in [-0.15, -0.1) is 0 Å². The number of nitrogens with zero attached hydrogens (tertiary/aromatic N) is 2. The Morgan fingerprint density at radius 1 is 1.32 bits per heavy atom. The first kappa shape index (κ1) is 13.6. The topological polar surface area (TPSA) is 86.8 Å². The fourth-order valence-electron chi connectivity index (χ4n) is 2.08. The smallest absolute Gasteiger partial charge is 0.270 e. The van der Waals surface area contributed by atoms with Crippen molar-refractivity contribution in [2.24, 2.45) is 0 Å². The minimum atomic E-state index is -2.87. The molecule has 6 nitrogen and oxygen atoms in total. The van der Waals surface area contributed by atoms with Gasteiger partial charge in [0.1, 0.15) is 0 Å². The number of anilines is 1. The number of aliphatic hydroxyl groups excluding tert-OH is 2. The lowest BCUT2D eigenvalue weighted by Gasteiger charge is -2.20. The van der Waals surface area contributed by atoms with Gasteiger partial charge in [0.15, 0.2) is 0 Å². The van der Waals surface area contributed by atoms with Crippen molar-refractivity contribution in [1.82, 2.24) is 0 Å². The van der Waals surface area contributed by atoms with Crippen molar-refractivity contribution in [2.45, 2.75) is 18.6 Å². The lowest BCUT2D eigenvalue weighted by molar-refractivity contribution is -0.385. The average Bonchev–Trinajstić information content (AvgIpc) is 2.68. The predicted octanol–water partition coefficient (Wildman–Crippen LogP) is 1.07. The molecule has 1 aliphatic rings. The maximum Gasteiger partial charge on any atom is 0.270 e. The minimum Gasteiger partial charge on any atom is -0.389 e. The average molecular weight is 274 g/mol. The van der Waals surface area contributed by atoms with E-state index >= 15 is 0 Å². The Hall–Kier alpha value is -1.80. The number of aliphatic hydroxyl groups is 2. The molecule has 0 spiro atoms. The molecule has 104 valence electrons. The van der Waals surface area contributed by atoms with Crippen molar-refractivity contribution in [3.63, 3.8) is 0 Å². The van der Waals surface area contributed by atoms with Gasteiger partial charge in [-0.2, -0.15) is 0 Å². The second kappa shape index (κ2) is 5.06. The van der Waals surface area contributed by atoms with Crippen LogP contribution in [0.3, 0.4) is 0 Å². The Balaban J connectivity index is 2.37. The molecule has 1 aromatic carbocycles. The van der Waals surface area contributed by atoms with E-state index in [4.69, 9.17) is 0 Å². The van der Waals surface area contributed by atoms with Crippen molar-refractivity contribution >= 4 is 11.4 Å². The number of benzene rings is 1. The fourth-order valence-corrected chi connectivity index (χ4v) is 2.08. The van der Waals surface area contributed by atoms with Crippen LogP contribution in [-0.4, -0.2) is 40.4 Å². The lowest BCUT2D eigenvalue weighted by Crippen LogP contribution is -2.22. The summed E-state index contributed by atoms with van der Waals surface area (Å²) in [6.07, 6.45) is -4.90. The van der Waals surface area contributed by atoms with Crippen LogP contribution in [0, 0.1) is 10.1 Å². The third-order valence-electron chi connectivity index (χ3n) is 3.06. The molecule has 1 fully saturated rings. The number of β-amino-alcohol motifs (C(OH)–C–C–N with tert-alkyl or cyclic N) is 2. The zero-order valence-corrected chi connectivity index (χ0v) is 9.74. The Bertz CT molecular complexity index is 488. The molecular weight excluding hydrogens is 262 g/mol. The van der Waals surface area contributed by atoms with E-state index in [1.165, 1.54) is 11.0 Å². The van der Waals surface area contributed by atoms with E-state index in [0.717, 1.165) is 12.1 Å². The minimum absolute atomic E-state index is 0.0126. The molecule has 0 aliphatic carbocycles. The lowest BCUT2D eigenvalue weighted by atomic mass is 10.1. The first-order valence-electron chi connectivity index (χ1n) is 5.57. The summed E-state index contributed by atoms with van der Waals surface area (Å²) in [6.45, 7) is 0.0252. The SMILES string of the molecule is O=[N+]([O-])c1ccc(N2CC(O)C(O)C2)c(C(F)F)c1. The monoisotopic (exact) mass is 274 g/mol. The summed E-state index contributed by atoms with van der Waals surface area (Å²) in [5, 5.41) is 29.4. The fraction of sp³-hybridized carbons (Fsp3) is 0.455. The Labute approximate surface area is 107 Å². The summed E-state index contributed by atoms with van der Waals surface area (Å²) in [4.78, 5) is 11.2. The largest absolute Gasteiger partial charge is 0.389 e. The summed E-state index contributed by atoms with van der Waals surface area (Å²) >= 11 is 0. The molecule has 8 heteroatoms. The first-order chi connectivity index (χ1) is 8.90. The molecular formula is C11H12F2N2O4. The van der Waals surface area contributed by atoms with Crippen LogP contribution in [0.25, 0.3) is 0 Å². The zero-order valence-electron chi connectivity index (χ0n) is 9.74. The summed E-state index contributed by atoms with van der Waals surface area (Å²) in [5.74, 6) is 0. The van der Waals surface area contributed by atoms with Crippen LogP contribution < -0.4 is 4.90 Å². The van der Waals surface area contributed by atoms with Gasteiger partial charge in [0.25, 0.3) is 12.1 Å². The Morgan fingerprint density at radius 3 is 2.37 bits per heavy atom. The predicted molar refractivity (Wildman–Crippen MR) is 62.3 cm³/mol. The second-order valence-electron chi connectivity index (χ2n) is 4.34. The van der Waals surface area contributed by atoms with E-state index in [0.29, 0.717) is 0 Å². The van der Waals surface area contributed by atoms with Crippen LogP contribution in [0.5, 0.6) is 0 Å². The zero-order chi connectivity index (χ0) is 14.2. The van der Waals surface area contributed by atoms with Gasteiger partial charge in [0.05, 0.1) is 17.1 Å². The molecule has 2 unspecified atom stereocenters. The highest BCUT2D eigenvalue weighted by atomic mass is 19.3. The van der Waals surface area contributed by atoms with Crippen molar-refractivity contribution < 1.29 is 23.9 Å². The van der Waals surface area contributed by atoms with E-state index in [1.807, 2.05) is 0 Å². The van der Waals surface area contributed by atoms with Gasteiger partial charge in [-0.25, -0.2) is 8.78 Å². The molecule has 0 bridgehead atoms. The Morgan fingerprint density at radius 2 is 1.89 bits per heavy atom. The molecule has 2 rings (SSSR count). The van der Waals surface area contributed by atoms with Crippen molar-refractivity contribution in [3.05, 3.63) is 33.9 Å². The van der Waals surface area contributed by atoms with E-state index in [2.05, 4.69) is 0 Å². The molecule has 1 aromatic rings. The van der Waals surface area contributed by atoms with Crippen molar-refractivity contribution in [1.29, 1.82) is 0 Å². The highest BCUT2D eigenvalue weighted by molar-refractivity contribution is 5.59. The number of nitro groups is 1. The molecule has 0 amide bonds. The third kappa shape index (κ3) is 2.64. The quantitative estimate of drug-likeness (QED) is 0.636. The van der Waals surface area contributed by atoms with Gasteiger partial charge in [0, 0.05) is 36.5 Å². The van der Waals surface area contributed by atoms with Crippen LogP contribution in [-0.2, 0) is 0 Å². The summed E-state index contributed by atoms with van der Waals surface area (Å²) in [5.41, 5.74) is -0.800. The van der Waals surface area contributed by atoms with E-state index < -0.39 is 34.8 Å². The van der Waals surface area contributed by atoms with Gasteiger partial charge in [-0.05, 0) is 6.07 Å². The van der Waals surface area contributed by atoms with E-state index in [9.17, 15) is 29.1 Å². The normalized spacial score (nSPS) is 23.1.